The largest absolute Gasteiger partial charge is 0.490 e. The molecule has 1 aliphatic carbocycles. The molecule has 0 bridgehead atoms. The Morgan fingerprint density at radius 1 is 1.28 bits per heavy atom. The second-order valence-corrected chi connectivity index (χ2v) is 8.46. The van der Waals surface area contributed by atoms with Gasteiger partial charge in [-0.15, -0.1) is 0 Å². The first-order valence-corrected chi connectivity index (χ1v) is 10.4. The lowest BCUT2D eigenvalue weighted by atomic mass is 9.93. The van der Waals surface area contributed by atoms with Crippen LogP contribution in [0.1, 0.15) is 44.3 Å². The minimum absolute atomic E-state index is 0.0651. The van der Waals surface area contributed by atoms with Gasteiger partial charge >= 0.3 is 0 Å². The molecular formula is C22H27N5O2. The van der Waals surface area contributed by atoms with Gasteiger partial charge in [0.25, 0.3) is 0 Å². The van der Waals surface area contributed by atoms with Gasteiger partial charge in [0.15, 0.2) is 0 Å². The van der Waals surface area contributed by atoms with Crippen molar-refractivity contribution in [3.8, 4) is 16.9 Å². The van der Waals surface area contributed by atoms with Crippen LogP contribution < -0.4 is 10.1 Å². The molecule has 7 nitrogen and oxygen atoms in total. The fourth-order valence-electron chi connectivity index (χ4n) is 4.30. The maximum absolute atomic E-state index is 11.6. The highest BCUT2D eigenvalue weighted by molar-refractivity contribution is 5.92. The molecule has 3 heterocycles. The van der Waals surface area contributed by atoms with E-state index < -0.39 is 0 Å². The first-order chi connectivity index (χ1) is 14.0. The summed E-state index contributed by atoms with van der Waals surface area (Å²) in [4.78, 5) is 11.6. The van der Waals surface area contributed by atoms with Gasteiger partial charge < -0.3 is 10.1 Å². The molecule has 1 aliphatic heterocycles. The van der Waals surface area contributed by atoms with Gasteiger partial charge in [-0.3, -0.25) is 14.2 Å². The SMILES string of the molecule is Cc1c2c(O[C@H](C)[C@H]3CNC(=O)C3)cc(-c3cnn(C4CCC4)c3)cc2nn1C. The van der Waals surface area contributed by atoms with Crippen LogP contribution in [0.5, 0.6) is 5.75 Å². The summed E-state index contributed by atoms with van der Waals surface area (Å²) in [7, 11) is 1.95. The molecule has 0 spiro atoms. The van der Waals surface area contributed by atoms with Gasteiger partial charge in [-0.1, -0.05) is 0 Å². The van der Waals surface area contributed by atoms with Crippen molar-refractivity contribution in [3.05, 3.63) is 30.2 Å². The third-order valence-corrected chi connectivity index (χ3v) is 6.56. The lowest BCUT2D eigenvalue weighted by Gasteiger charge is -2.25. The number of benzene rings is 1. The van der Waals surface area contributed by atoms with Crippen LogP contribution in [0.15, 0.2) is 24.5 Å². The number of carbonyl (C=O) groups excluding carboxylic acids is 1. The van der Waals surface area contributed by atoms with Gasteiger partial charge in [0.1, 0.15) is 11.9 Å². The molecule has 1 saturated heterocycles. The van der Waals surface area contributed by atoms with Gasteiger partial charge in [0, 0.05) is 43.4 Å². The third kappa shape index (κ3) is 3.18. The lowest BCUT2D eigenvalue weighted by molar-refractivity contribution is -0.119. The monoisotopic (exact) mass is 393 g/mol. The van der Waals surface area contributed by atoms with Crippen molar-refractivity contribution >= 4 is 16.8 Å². The maximum Gasteiger partial charge on any atom is 0.220 e. The summed E-state index contributed by atoms with van der Waals surface area (Å²) in [6.45, 7) is 4.77. The second-order valence-electron chi connectivity index (χ2n) is 8.46. The zero-order chi connectivity index (χ0) is 20.1. The molecule has 1 aromatic carbocycles. The first kappa shape index (κ1) is 18.2. The van der Waals surface area contributed by atoms with E-state index in [0.29, 0.717) is 19.0 Å². The first-order valence-electron chi connectivity index (χ1n) is 10.4. The summed E-state index contributed by atoms with van der Waals surface area (Å²) in [5.41, 5.74) is 4.13. The second kappa shape index (κ2) is 6.90. The molecule has 152 valence electrons. The molecule has 29 heavy (non-hydrogen) atoms. The quantitative estimate of drug-likeness (QED) is 0.721. The molecule has 2 aliphatic rings. The standard InChI is InChI=1S/C22H27N5O2/c1-13-22-19(25-26(13)3)7-15(17-11-24-27(12-17)18-5-4-6-18)8-20(22)29-14(2)16-9-21(28)23-10-16/h7-8,11-12,14,16,18H,4-6,9-10H2,1-3H3,(H,23,28)/t14-,16-/m1/s1. The van der Waals surface area contributed by atoms with Gasteiger partial charge in [0.2, 0.25) is 5.91 Å². The topological polar surface area (TPSA) is 74.0 Å². The molecule has 1 saturated carbocycles. The Labute approximate surface area is 170 Å². The van der Waals surface area contributed by atoms with Crippen molar-refractivity contribution in [1.29, 1.82) is 0 Å². The Bertz CT molecular complexity index is 1080. The Morgan fingerprint density at radius 3 is 2.79 bits per heavy atom. The molecule has 2 fully saturated rings. The number of aromatic nitrogens is 4. The minimum Gasteiger partial charge on any atom is -0.490 e. The van der Waals surface area contributed by atoms with Crippen LogP contribution in [0.2, 0.25) is 0 Å². The number of hydrogen-bond donors (Lipinski definition) is 1. The average molecular weight is 393 g/mol. The van der Waals surface area contributed by atoms with Gasteiger partial charge in [-0.25, -0.2) is 0 Å². The number of ether oxygens (including phenoxy) is 1. The number of carbonyl (C=O) groups is 1. The Kier molecular flexibility index (Phi) is 4.33. The van der Waals surface area contributed by atoms with E-state index in [1.54, 1.807) is 0 Å². The molecule has 5 rings (SSSR count). The normalized spacial score (nSPS) is 20.7. The molecule has 1 amide bonds. The predicted molar refractivity (Wildman–Crippen MR) is 111 cm³/mol. The molecule has 1 N–H and O–H groups in total. The number of hydrogen-bond acceptors (Lipinski definition) is 4. The molecular weight excluding hydrogens is 366 g/mol. The molecule has 2 aromatic heterocycles. The van der Waals surface area contributed by atoms with Crippen LogP contribution in [0.3, 0.4) is 0 Å². The van der Waals surface area contributed by atoms with E-state index in [1.165, 1.54) is 19.3 Å². The molecule has 0 unspecified atom stereocenters. The zero-order valence-corrected chi connectivity index (χ0v) is 17.2. The molecule has 7 heteroatoms. The van der Waals surface area contributed by atoms with E-state index in [0.717, 1.165) is 33.5 Å². The fourth-order valence-corrected chi connectivity index (χ4v) is 4.30. The van der Waals surface area contributed by atoms with E-state index in [4.69, 9.17) is 4.74 Å². The van der Waals surface area contributed by atoms with Crippen molar-refractivity contribution in [2.45, 2.75) is 51.7 Å². The summed E-state index contributed by atoms with van der Waals surface area (Å²) in [5.74, 6) is 1.11. The number of nitrogens with zero attached hydrogens (tertiary/aromatic N) is 4. The molecule has 0 radical (unpaired) electrons. The van der Waals surface area contributed by atoms with Crippen LogP contribution in [0.4, 0.5) is 0 Å². The predicted octanol–water partition coefficient (Wildman–Crippen LogP) is 3.37. The zero-order valence-electron chi connectivity index (χ0n) is 17.2. The number of aryl methyl sites for hydroxylation is 2. The van der Waals surface area contributed by atoms with Crippen molar-refractivity contribution in [2.75, 3.05) is 6.54 Å². The van der Waals surface area contributed by atoms with Gasteiger partial charge in [-0.05, 0) is 50.8 Å². The Morgan fingerprint density at radius 2 is 2.10 bits per heavy atom. The average Bonchev–Trinajstić information content (AvgIpc) is 3.34. The highest BCUT2D eigenvalue weighted by Gasteiger charge is 2.29. The fraction of sp³-hybridized carbons (Fsp3) is 0.500. The van der Waals surface area contributed by atoms with Crippen LogP contribution in [-0.2, 0) is 11.8 Å². The van der Waals surface area contributed by atoms with E-state index in [1.807, 2.05) is 24.9 Å². The van der Waals surface area contributed by atoms with Crippen LogP contribution in [0.25, 0.3) is 22.0 Å². The van der Waals surface area contributed by atoms with Crippen molar-refractivity contribution in [2.24, 2.45) is 13.0 Å². The van der Waals surface area contributed by atoms with E-state index in [-0.39, 0.29) is 17.9 Å². The number of rotatable bonds is 5. The summed E-state index contributed by atoms with van der Waals surface area (Å²) in [5, 5.41) is 13.2. The van der Waals surface area contributed by atoms with E-state index in [2.05, 4.69) is 45.4 Å². The Hall–Kier alpha value is -2.83. The molecule has 2 atom stereocenters. The van der Waals surface area contributed by atoms with Gasteiger partial charge in [0.05, 0.1) is 23.1 Å². The lowest BCUT2D eigenvalue weighted by Crippen LogP contribution is -2.25. The third-order valence-electron chi connectivity index (χ3n) is 6.56. The highest BCUT2D eigenvalue weighted by atomic mass is 16.5. The van der Waals surface area contributed by atoms with Crippen molar-refractivity contribution < 1.29 is 9.53 Å². The maximum atomic E-state index is 11.6. The summed E-state index contributed by atoms with van der Waals surface area (Å²) >= 11 is 0. The smallest absolute Gasteiger partial charge is 0.220 e. The minimum atomic E-state index is -0.0651. The highest BCUT2D eigenvalue weighted by Crippen LogP contribution is 2.37. The van der Waals surface area contributed by atoms with Crippen LogP contribution in [0, 0.1) is 12.8 Å². The molecule has 3 aromatic rings. The van der Waals surface area contributed by atoms with E-state index >= 15 is 0 Å². The van der Waals surface area contributed by atoms with Crippen LogP contribution in [-0.4, -0.2) is 38.1 Å². The summed E-state index contributed by atoms with van der Waals surface area (Å²) < 4.78 is 10.4. The van der Waals surface area contributed by atoms with Crippen LogP contribution >= 0.6 is 0 Å². The summed E-state index contributed by atoms with van der Waals surface area (Å²) in [6, 6.07) is 4.75. The van der Waals surface area contributed by atoms with Crippen molar-refractivity contribution in [1.82, 2.24) is 24.9 Å². The number of nitrogens with one attached hydrogen (secondary N) is 1. The Balaban J connectivity index is 1.52. The van der Waals surface area contributed by atoms with Crippen molar-refractivity contribution in [3.63, 3.8) is 0 Å². The summed E-state index contributed by atoms with van der Waals surface area (Å²) in [6.07, 6.45) is 8.22. The van der Waals surface area contributed by atoms with E-state index in [9.17, 15) is 4.79 Å². The van der Waals surface area contributed by atoms with Gasteiger partial charge in [-0.2, -0.15) is 10.2 Å². The number of fused-ring (bicyclic) bond motifs is 1. The number of amides is 1.